The third kappa shape index (κ3) is 3.87. The molecule has 10 heteroatoms. The Morgan fingerprint density at radius 3 is 2.65 bits per heavy atom. The highest BCUT2D eigenvalue weighted by Gasteiger charge is 2.20. The largest absolute Gasteiger partial charge is 0.456 e. The Kier molecular flexibility index (Phi) is 5.20. The highest BCUT2D eigenvalue weighted by Crippen LogP contribution is 2.21. The van der Waals surface area contributed by atoms with E-state index in [-0.39, 0.29) is 5.78 Å². The lowest BCUT2D eigenvalue weighted by molar-refractivity contribution is -0.143. The fourth-order valence-electron chi connectivity index (χ4n) is 3.37. The van der Waals surface area contributed by atoms with Gasteiger partial charge in [-0.3, -0.25) is 19.0 Å². The van der Waals surface area contributed by atoms with Crippen molar-refractivity contribution in [3.63, 3.8) is 0 Å². The molecule has 0 fully saturated rings. The molecule has 0 aliphatic rings. The summed E-state index contributed by atoms with van der Waals surface area (Å²) >= 11 is 0. The van der Waals surface area contributed by atoms with E-state index < -0.39 is 24.7 Å². The topological polar surface area (TPSA) is 122 Å². The van der Waals surface area contributed by atoms with Gasteiger partial charge in [0.1, 0.15) is 17.8 Å². The zero-order valence-corrected chi connectivity index (χ0v) is 17.2. The van der Waals surface area contributed by atoms with Crippen molar-refractivity contribution in [2.45, 2.75) is 27.3 Å². The smallest absolute Gasteiger partial charge is 0.328 e. The molecule has 3 heterocycles. The summed E-state index contributed by atoms with van der Waals surface area (Å²) in [6.45, 7) is 4.49. The molecule has 0 saturated heterocycles. The highest BCUT2D eigenvalue weighted by atomic mass is 16.5. The SMILES string of the molecule is Cc1cc(-n2c(C)cc(C(=O)COC(=O)Cn3nnc4ccccc4c3=O)c2C)no1. The predicted molar refractivity (Wildman–Crippen MR) is 109 cm³/mol. The standard InChI is InChI=1S/C21H19N5O5/c1-12-8-16(14(3)26(12)19-9-13(2)31-23-19)18(27)11-30-20(28)10-25-21(29)15-6-4-5-7-17(15)22-24-25/h4-9H,10-11H2,1-3H3. The minimum Gasteiger partial charge on any atom is -0.456 e. The molecule has 0 aliphatic heterocycles. The lowest BCUT2D eigenvalue weighted by Crippen LogP contribution is -2.29. The van der Waals surface area contributed by atoms with Crippen LogP contribution in [0.25, 0.3) is 16.7 Å². The first-order valence-electron chi connectivity index (χ1n) is 9.49. The number of rotatable bonds is 6. The number of Topliss-reactive ketones (excluding diaryl/α,β-unsaturated/α-hetero) is 1. The first-order chi connectivity index (χ1) is 14.8. The lowest BCUT2D eigenvalue weighted by Gasteiger charge is -2.07. The first kappa shape index (κ1) is 20.2. The van der Waals surface area contributed by atoms with Crippen LogP contribution in [-0.4, -0.2) is 43.1 Å². The fourth-order valence-corrected chi connectivity index (χ4v) is 3.37. The number of hydrogen-bond acceptors (Lipinski definition) is 8. The second kappa shape index (κ2) is 7.98. The van der Waals surface area contributed by atoms with Gasteiger partial charge < -0.3 is 9.26 Å². The van der Waals surface area contributed by atoms with Gasteiger partial charge in [0.05, 0.1) is 5.39 Å². The Morgan fingerprint density at radius 1 is 1.13 bits per heavy atom. The molecule has 0 unspecified atom stereocenters. The molecule has 4 rings (SSSR count). The van der Waals surface area contributed by atoms with Gasteiger partial charge in [0.25, 0.3) is 5.56 Å². The maximum Gasteiger partial charge on any atom is 0.328 e. The van der Waals surface area contributed by atoms with Crippen molar-refractivity contribution in [2.75, 3.05) is 6.61 Å². The number of benzene rings is 1. The third-order valence-corrected chi connectivity index (χ3v) is 4.85. The molecule has 0 saturated carbocycles. The Balaban J connectivity index is 1.45. The maximum atomic E-state index is 12.6. The average molecular weight is 421 g/mol. The summed E-state index contributed by atoms with van der Waals surface area (Å²) in [5, 5.41) is 12.0. The zero-order valence-electron chi connectivity index (χ0n) is 17.2. The van der Waals surface area contributed by atoms with Gasteiger partial charge in [0.2, 0.25) is 5.78 Å². The van der Waals surface area contributed by atoms with Gasteiger partial charge >= 0.3 is 5.97 Å². The van der Waals surface area contributed by atoms with Crippen LogP contribution in [-0.2, 0) is 16.1 Å². The van der Waals surface area contributed by atoms with Crippen molar-refractivity contribution in [3.05, 3.63) is 69.5 Å². The monoisotopic (exact) mass is 421 g/mol. The second-order valence-corrected chi connectivity index (χ2v) is 7.07. The van der Waals surface area contributed by atoms with E-state index in [1.54, 1.807) is 54.8 Å². The Hall–Kier alpha value is -4.08. The maximum absolute atomic E-state index is 12.6. The highest BCUT2D eigenvalue weighted by molar-refractivity contribution is 5.99. The molecule has 4 aromatic rings. The van der Waals surface area contributed by atoms with Gasteiger partial charge in [-0.2, -0.15) is 4.68 Å². The van der Waals surface area contributed by atoms with E-state index in [1.807, 2.05) is 6.92 Å². The number of ketones is 1. The van der Waals surface area contributed by atoms with Crippen LogP contribution >= 0.6 is 0 Å². The van der Waals surface area contributed by atoms with E-state index in [1.165, 1.54) is 0 Å². The van der Waals surface area contributed by atoms with Crippen LogP contribution in [0.4, 0.5) is 0 Å². The van der Waals surface area contributed by atoms with Crippen molar-refractivity contribution in [2.24, 2.45) is 0 Å². The Morgan fingerprint density at radius 2 is 1.90 bits per heavy atom. The van der Waals surface area contributed by atoms with Gasteiger partial charge in [-0.25, -0.2) is 0 Å². The van der Waals surface area contributed by atoms with Crippen LogP contribution in [0.1, 0.15) is 27.5 Å². The Bertz CT molecular complexity index is 1360. The van der Waals surface area contributed by atoms with Gasteiger partial charge in [-0.1, -0.05) is 22.5 Å². The molecule has 0 N–H and O–H groups in total. The molecule has 10 nitrogen and oxygen atoms in total. The lowest BCUT2D eigenvalue weighted by atomic mass is 10.1. The van der Waals surface area contributed by atoms with E-state index in [0.717, 1.165) is 10.4 Å². The van der Waals surface area contributed by atoms with Crippen molar-refractivity contribution >= 4 is 22.7 Å². The van der Waals surface area contributed by atoms with E-state index in [2.05, 4.69) is 15.5 Å². The van der Waals surface area contributed by atoms with Crippen molar-refractivity contribution < 1.29 is 18.8 Å². The molecule has 0 aliphatic carbocycles. The van der Waals surface area contributed by atoms with Gasteiger partial charge in [0.15, 0.2) is 12.4 Å². The average Bonchev–Trinajstić information content (AvgIpc) is 3.30. The molecular formula is C21H19N5O5. The van der Waals surface area contributed by atoms with Crippen molar-refractivity contribution in [1.82, 2.24) is 24.7 Å². The molecule has 0 bridgehead atoms. The number of fused-ring (bicyclic) bond motifs is 1. The van der Waals surface area contributed by atoms with Crippen LogP contribution in [0.3, 0.4) is 0 Å². The Labute approximate surface area is 176 Å². The molecule has 0 radical (unpaired) electrons. The number of ether oxygens (including phenoxy) is 1. The molecule has 0 spiro atoms. The quantitative estimate of drug-likeness (QED) is 0.342. The minimum atomic E-state index is -0.763. The van der Waals surface area contributed by atoms with Gasteiger partial charge in [-0.15, -0.1) is 5.10 Å². The summed E-state index contributed by atoms with van der Waals surface area (Å²) in [6.07, 6.45) is 0. The zero-order chi connectivity index (χ0) is 22.1. The number of esters is 1. The van der Waals surface area contributed by atoms with Crippen LogP contribution < -0.4 is 5.56 Å². The number of carbonyl (C=O) groups is 2. The predicted octanol–water partition coefficient (Wildman–Crippen LogP) is 1.92. The number of carbonyl (C=O) groups excluding carboxylic acids is 2. The normalized spacial score (nSPS) is 11.1. The first-order valence-corrected chi connectivity index (χ1v) is 9.49. The summed E-state index contributed by atoms with van der Waals surface area (Å²) in [4.78, 5) is 37.2. The molecule has 31 heavy (non-hydrogen) atoms. The summed E-state index contributed by atoms with van der Waals surface area (Å²) in [5.74, 6) is 0.0833. The summed E-state index contributed by atoms with van der Waals surface area (Å²) in [7, 11) is 0. The molecule has 0 atom stereocenters. The summed E-state index contributed by atoms with van der Waals surface area (Å²) < 4.78 is 12.9. The number of aromatic nitrogens is 5. The minimum absolute atomic E-state index is 0.344. The van der Waals surface area contributed by atoms with E-state index in [0.29, 0.717) is 33.7 Å². The fraction of sp³-hybridized carbons (Fsp3) is 0.238. The number of nitrogens with zero attached hydrogens (tertiary/aromatic N) is 5. The van der Waals surface area contributed by atoms with Crippen molar-refractivity contribution in [3.8, 4) is 5.82 Å². The van der Waals surface area contributed by atoms with E-state index >= 15 is 0 Å². The second-order valence-electron chi connectivity index (χ2n) is 7.07. The molecule has 158 valence electrons. The summed E-state index contributed by atoms with van der Waals surface area (Å²) in [5.41, 5.74) is 1.83. The number of aryl methyl sites for hydroxylation is 2. The van der Waals surface area contributed by atoms with Crippen LogP contribution in [0.15, 0.2) is 45.7 Å². The van der Waals surface area contributed by atoms with Crippen molar-refractivity contribution in [1.29, 1.82) is 0 Å². The molecule has 1 aromatic carbocycles. The summed E-state index contributed by atoms with van der Waals surface area (Å²) in [6, 6.07) is 10.2. The van der Waals surface area contributed by atoms with E-state index in [9.17, 15) is 14.4 Å². The molecule has 3 aromatic heterocycles. The van der Waals surface area contributed by atoms with Crippen LogP contribution in [0.2, 0.25) is 0 Å². The molecular weight excluding hydrogens is 402 g/mol. The van der Waals surface area contributed by atoms with Crippen LogP contribution in [0.5, 0.6) is 0 Å². The van der Waals surface area contributed by atoms with Crippen LogP contribution in [0, 0.1) is 20.8 Å². The molecule has 0 amide bonds. The number of hydrogen-bond donors (Lipinski definition) is 0. The van der Waals surface area contributed by atoms with Gasteiger partial charge in [-0.05, 0) is 39.0 Å². The van der Waals surface area contributed by atoms with E-state index in [4.69, 9.17) is 9.26 Å². The third-order valence-electron chi connectivity index (χ3n) is 4.85. The van der Waals surface area contributed by atoms with Gasteiger partial charge in [0, 0.05) is 23.0 Å².